The first-order valence-corrected chi connectivity index (χ1v) is 8.25. The van der Waals surface area contributed by atoms with Gasteiger partial charge in [-0.2, -0.15) is 0 Å². The van der Waals surface area contributed by atoms with Crippen LogP contribution >= 0.6 is 11.3 Å². The predicted octanol–water partition coefficient (Wildman–Crippen LogP) is 2.76. The molecule has 0 unspecified atom stereocenters. The van der Waals surface area contributed by atoms with Crippen LogP contribution in [0.1, 0.15) is 13.3 Å². The summed E-state index contributed by atoms with van der Waals surface area (Å²) in [6, 6.07) is 6.03. The van der Waals surface area contributed by atoms with E-state index in [1.807, 2.05) is 6.92 Å². The molecule has 0 bridgehead atoms. The number of rotatable bonds is 4. The monoisotopic (exact) mass is 333 g/mol. The molecule has 1 fully saturated rings. The van der Waals surface area contributed by atoms with Gasteiger partial charge in [-0.3, -0.25) is 9.59 Å². The molecule has 23 heavy (non-hydrogen) atoms. The molecule has 120 valence electrons. The lowest BCUT2D eigenvalue weighted by Crippen LogP contribution is -2.28. The number of hydrogen-bond donors (Lipinski definition) is 1. The Morgan fingerprint density at radius 2 is 2.17 bits per heavy atom. The summed E-state index contributed by atoms with van der Waals surface area (Å²) in [5.41, 5.74) is 1.47. The molecule has 1 atom stereocenters. The fourth-order valence-electron chi connectivity index (χ4n) is 2.55. The number of carbonyl (C=O) groups excluding carboxylic acids is 2. The van der Waals surface area contributed by atoms with Crippen LogP contribution in [-0.4, -0.2) is 34.8 Å². The van der Waals surface area contributed by atoms with Gasteiger partial charge in [0.25, 0.3) is 0 Å². The molecule has 0 spiro atoms. The van der Waals surface area contributed by atoms with E-state index in [-0.39, 0.29) is 30.0 Å². The molecule has 0 aliphatic carbocycles. The van der Waals surface area contributed by atoms with E-state index in [1.165, 1.54) is 23.5 Å². The first-order chi connectivity index (χ1) is 11.1. The number of benzene rings is 1. The van der Waals surface area contributed by atoms with Crippen molar-refractivity contribution >= 4 is 28.3 Å². The summed E-state index contributed by atoms with van der Waals surface area (Å²) < 4.78 is 12.9. The van der Waals surface area contributed by atoms with Crippen molar-refractivity contribution in [3.05, 3.63) is 35.5 Å². The fraction of sp³-hybridized carbons (Fsp3) is 0.312. The maximum atomic E-state index is 12.9. The normalized spacial score (nSPS) is 17.6. The zero-order chi connectivity index (χ0) is 16.4. The molecular weight excluding hydrogens is 317 g/mol. The number of halogens is 1. The second kappa shape index (κ2) is 6.45. The summed E-state index contributed by atoms with van der Waals surface area (Å²) in [5, 5.41) is 5.06. The summed E-state index contributed by atoms with van der Waals surface area (Å²) in [4.78, 5) is 30.0. The zero-order valence-corrected chi connectivity index (χ0v) is 13.4. The summed E-state index contributed by atoms with van der Waals surface area (Å²) >= 11 is 1.31. The van der Waals surface area contributed by atoms with Crippen molar-refractivity contribution in [1.82, 2.24) is 9.88 Å². The Morgan fingerprint density at radius 3 is 2.83 bits per heavy atom. The molecule has 2 heterocycles. The van der Waals surface area contributed by atoms with Crippen molar-refractivity contribution in [3.8, 4) is 11.3 Å². The van der Waals surface area contributed by atoms with Gasteiger partial charge in [-0.15, -0.1) is 11.3 Å². The number of nitrogens with one attached hydrogen (secondary N) is 1. The van der Waals surface area contributed by atoms with Gasteiger partial charge in [0.05, 0.1) is 11.6 Å². The Balaban J connectivity index is 1.66. The SMILES string of the molecule is CCN1C[C@H](C(=O)Nc2nc(-c3ccc(F)cc3)cs2)CC1=O. The maximum absolute atomic E-state index is 12.9. The van der Waals surface area contributed by atoms with Gasteiger partial charge in [0.15, 0.2) is 5.13 Å². The number of carbonyl (C=O) groups is 2. The predicted molar refractivity (Wildman–Crippen MR) is 86.5 cm³/mol. The lowest BCUT2D eigenvalue weighted by atomic mass is 10.1. The van der Waals surface area contributed by atoms with Crippen molar-refractivity contribution in [2.75, 3.05) is 18.4 Å². The third-order valence-electron chi connectivity index (χ3n) is 3.84. The van der Waals surface area contributed by atoms with E-state index in [2.05, 4.69) is 10.3 Å². The number of hydrogen-bond acceptors (Lipinski definition) is 4. The number of nitrogens with zero attached hydrogens (tertiary/aromatic N) is 2. The second-order valence-electron chi connectivity index (χ2n) is 5.37. The van der Waals surface area contributed by atoms with Crippen LogP contribution in [0, 0.1) is 11.7 Å². The molecule has 1 aliphatic heterocycles. The van der Waals surface area contributed by atoms with Crippen LogP contribution in [0.4, 0.5) is 9.52 Å². The molecule has 1 N–H and O–H groups in total. The smallest absolute Gasteiger partial charge is 0.231 e. The molecule has 0 radical (unpaired) electrons. The molecule has 2 aromatic rings. The largest absolute Gasteiger partial charge is 0.342 e. The lowest BCUT2D eigenvalue weighted by molar-refractivity contribution is -0.128. The van der Waals surface area contributed by atoms with Crippen molar-refractivity contribution < 1.29 is 14.0 Å². The summed E-state index contributed by atoms with van der Waals surface area (Å²) in [6.45, 7) is 2.97. The van der Waals surface area contributed by atoms with Crippen molar-refractivity contribution in [2.45, 2.75) is 13.3 Å². The highest BCUT2D eigenvalue weighted by Crippen LogP contribution is 2.26. The van der Waals surface area contributed by atoms with Crippen LogP contribution in [-0.2, 0) is 9.59 Å². The molecule has 2 amide bonds. The van der Waals surface area contributed by atoms with Crippen molar-refractivity contribution in [1.29, 1.82) is 0 Å². The van der Waals surface area contributed by atoms with E-state index in [4.69, 9.17) is 0 Å². The van der Waals surface area contributed by atoms with E-state index in [9.17, 15) is 14.0 Å². The van der Waals surface area contributed by atoms with E-state index in [0.717, 1.165) is 5.56 Å². The third kappa shape index (κ3) is 3.39. The number of anilines is 1. The average molecular weight is 333 g/mol. The number of aromatic nitrogens is 1. The highest BCUT2D eigenvalue weighted by Gasteiger charge is 2.33. The van der Waals surface area contributed by atoms with Crippen LogP contribution in [0.2, 0.25) is 0 Å². The Kier molecular flexibility index (Phi) is 4.38. The molecule has 3 rings (SSSR count). The van der Waals surface area contributed by atoms with Crippen LogP contribution < -0.4 is 5.32 Å². The van der Waals surface area contributed by atoms with Gasteiger partial charge < -0.3 is 10.2 Å². The molecule has 5 nitrogen and oxygen atoms in total. The highest BCUT2D eigenvalue weighted by atomic mass is 32.1. The van der Waals surface area contributed by atoms with Gasteiger partial charge in [-0.1, -0.05) is 0 Å². The average Bonchev–Trinajstić information content (AvgIpc) is 3.14. The van der Waals surface area contributed by atoms with Gasteiger partial charge in [0, 0.05) is 30.5 Å². The minimum Gasteiger partial charge on any atom is -0.342 e. The van der Waals surface area contributed by atoms with E-state index >= 15 is 0 Å². The van der Waals surface area contributed by atoms with Gasteiger partial charge in [0.1, 0.15) is 5.82 Å². The van der Waals surface area contributed by atoms with Gasteiger partial charge in [0.2, 0.25) is 11.8 Å². The van der Waals surface area contributed by atoms with E-state index < -0.39 is 0 Å². The first-order valence-electron chi connectivity index (χ1n) is 7.37. The molecule has 1 aromatic heterocycles. The maximum Gasteiger partial charge on any atom is 0.231 e. The van der Waals surface area contributed by atoms with Crippen LogP contribution in [0.3, 0.4) is 0 Å². The minimum absolute atomic E-state index is 0.0128. The Bertz CT molecular complexity index is 729. The topological polar surface area (TPSA) is 62.3 Å². The first kappa shape index (κ1) is 15.6. The molecule has 1 aliphatic rings. The van der Waals surface area contributed by atoms with Crippen molar-refractivity contribution in [2.24, 2.45) is 5.92 Å². The summed E-state index contributed by atoms with van der Waals surface area (Å²) in [5.74, 6) is -0.808. The quantitative estimate of drug-likeness (QED) is 0.936. The fourth-order valence-corrected chi connectivity index (χ4v) is 3.27. The van der Waals surface area contributed by atoms with Crippen LogP contribution in [0.15, 0.2) is 29.6 Å². The molecule has 0 saturated carbocycles. The van der Waals surface area contributed by atoms with Crippen LogP contribution in [0.5, 0.6) is 0 Å². The van der Waals surface area contributed by atoms with Gasteiger partial charge in [-0.25, -0.2) is 9.37 Å². The minimum atomic E-state index is -0.333. The third-order valence-corrected chi connectivity index (χ3v) is 4.60. The number of likely N-dealkylation sites (tertiary alicyclic amines) is 1. The molecule has 7 heteroatoms. The van der Waals surface area contributed by atoms with E-state index in [0.29, 0.717) is 23.9 Å². The highest BCUT2D eigenvalue weighted by molar-refractivity contribution is 7.14. The number of thiazole rings is 1. The zero-order valence-electron chi connectivity index (χ0n) is 12.6. The Hall–Kier alpha value is -2.28. The summed E-state index contributed by atoms with van der Waals surface area (Å²) in [7, 11) is 0. The van der Waals surface area contributed by atoms with E-state index in [1.54, 1.807) is 22.4 Å². The molecule has 1 saturated heterocycles. The second-order valence-corrected chi connectivity index (χ2v) is 6.23. The van der Waals surface area contributed by atoms with Gasteiger partial charge >= 0.3 is 0 Å². The Morgan fingerprint density at radius 1 is 1.43 bits per heavy atom. The lowest BCUT2D eigenvalue weighted by Gasteiger charge is -2.12. The number of amides is 2. The Labute approximate surface area is 137 Å². The molecular formula is C16H16FN3O2S. The molecule has 1 aromatic carbocycles. The van der Waals surface area contributed by atoms with Crippen molar-refractivity contribution in [3.63, 3.8) is 0 Å². The standard InChI is InChI=1S/C16H16FN3O2S/c1-2-20-8-11(7-14(20)21)15(22)19-16-18-13(9-23-16)10-3-5-12(17)6-4-10/h3-6,9,11H,2,7-8H2,1H3,(H,18,19,22)/t11-/m1/s1. The van der Waals surface area contributed by atoms with Gasteiger partial charge in [-0.05, 0) is 31.2 Å². The van der Waals surface area contributed by atoms with Crippen LogP contribution in [0.25, 0.3) is 11.3 Å². The summed E-state index contributed by atoms with van der Waals surface area (Å²) in [6.07, 6.45) is 0.246.